The molecule has 5 nitrogen and oxygen atoms in total. The summed E-state index contributed by atoms with van der Waals surface area (Å²) in [5, 5.41) is 11.3. The fourth-order valence-electron chi connectivity index (χ4n) is 2.56. The van der Waals surface area contributed by atoms with Crippen molar-refractivity contribution in [2.45, 2.75) is 19.9 Å². The van der Waals surface area contributed by atoms with Crippen molar-refractivity contribution in [1.29, 1.82) is 5.26 Å². The Hall–Kier alpha value is -2.65. The highest BCUT2D eigenvalue weighted by atomic mass is 32.1. The van der Waals surface area contributed by atoms with Crippen LogP contribution >= 0.6 is 11.3 Å². The zero-order chi connectivity index (χ0) is 16.4. The van der Waals surface area contributed by atoms with Gasteiger partial charge in [0, 0.05) is 17.5 Å². The van der Waals surface area contributed by atoms with Gasteiger partial charge in [0.25, 0.3) is 5.56 Å². The number of nitrogens with zero attached hydrogens (tertiary/aromatic N) is 3. The van der Waals surface area contributed by atoms with E-state index in [1.807, 2.05) is 30.5 Å². The molecule has 2 heterocycles. The van der Waals surface area contributed by atoms with Crippen molar-refractivity contribution in [2.75, 3.05) is 7.11 Å². The molecule has 0 spiro atoms. The van der Waals surface area contributed by atoms with E-state index in [9.17, 15) is 4.79 Å². The molecule has 0 aliphatic rings. The van der Waals surface area contributed by atoms with Crippen LogP contribution in [0.1, 0.15) is 12.0 Å². The van der Waals surface area contributed by atoms with E-state index >= 15 is 0 Å². The summed E-state index contributed by atoms with van der Waals surface area (Å²) < 4.78 is 6.78. The SMILES string of the molecule is COc1ccc(-c2csc3ncn(CCC#N)c(=O)c23)cc1C. The second-order valence-electron chi connectivity index (χ2n) is 5.17. The molecule has 0 unspecified atom stereocenters. The summed E-state index contributed by atoms with van der Waals surface area (Å²) >= 11 is 1.45. The van der Waals surface area contributed by atoms with Crippen LogP contribution in [0, 0.1) is 18.3 Å². The van der Waals surface area contributed by atoms with Gasteiger partial charge in [-0.15, -0.1) is 11.3 Å². The van der Waals surface area contributed by atoms with Gasteiger partial charge >= 0.3 is 0 Å². The van der Waals surface area contributed by atoms with Gasteiger partial charge in [-0.3, -0.25) is 9.36 Å². The topological polar surface area (TPSA) is 67.9 Å². The molecule has 0 aliphatic carbocycles. The fourth-order valence-corrected chi connectivity index (χ4v) is 3.46. The monoisotopic (exact) mass is 325 g/mol. The van der Waals surface area contributed by atoms with E-state index in [-0.39, 0.29) is 12.0 Å². The first kappa shape index (κ1) is 15.3. The van der Waals surface area contributed by atoms with Gasteiger partial charge in [-0.05, 0) is 30.2 Å². The lowest BCUT2D eigenvalue weighted by molar-refractivity contribution is 0.412. The van der Waals surface area contributed by atoms with Crippen LogP contribution in [0.4, 0.5) is 0 Å². The van der Waals surface area contributed by atoms with E-state index in [2.05, 4.69) is 11.1 Å². The van der Waals surface area contributed by atoms with Gasteiger partial charge in [0.15, 0.2) is 0 Å². The third-order valence-corrected chi connectivity index (χ3v) is 4.62. The predicted octanol–water partition coefficient (Wildman–Crippen LogP) is 3.36. The molecule has 1 aromatic carbocycles. The predicted molar refractivity (Wildman–Crippen MR) is 90.8 cm³/mol. The normalized spacial score (nSPS) is 10.7. The molecule has 3 rings (SSSR count). The minimum atomic E-state index is -0.102. The van der Waals surface area contributed by atoms with Gasteiger partial charge in [0.05, 0.1) is 31.3 Å². The number of aryl methyl sites for hydroxylation is 2. The quantitative estimate of drug-likeness (QED) is 0.737. The van der Waals surface area contributed by atoms with Gasteiger partial charge in [-0.25, -0.2) is 4.98 Å². The maximum absolute atomic E-state index is 12.7. The van der Waals surface area contributed by atoms with E-state index in [1.165, 1.54) is 22.2 Å². The number of aromatic nitrogens is 2. The van der Waals surface area contributed by atoms with Crippen molar-refractivity contribution >= 4 is 21.6 Å². The summed E-state index contributed by atoms with van der Waals surface area (Å²) in [6.07, 6.45) is 1.80. The second kappa shape index (κ2) is 6.23. The average Bonchev–Trinajstić information content (AvgIpc) is 2.99. The van der Waals surface area contributed by atoms with Crippen LogP contribution in [0.5, 0.6) is 5.75 Å². The van der Waals surface area contributed by atoms with Gasteiger partial charge in [0.1, 0.15) is 10.6 Å². The summed E-state index contributed by atoms with van der Waals surface area (Å²) in [6.45, 7) is 2.33. The number of hydrogen-bond donors (Lipinski definition) is 0. The molecular weight excluding hydrogens is 310 g/mol. The van der Waals surface area contributed by atoms with E-state index < -0.39 is 0 Å². The maximum atomic E-state index is 12.7. The van der Waals surface area contributed by atoms with Crippen molar-refractivity contribution in [2.24, 2.45) is 0 Å². The first-order valence-electron chi connectivity index (χ1n) is 7.14. The summed E-state index contributed by atoms with van der Waals surface area (Å²) in [7, 11) is 1.64. The molecule has 3 aromatic rings. The summed E-state index contributed by atoms with van der Waals surface area (Å²) in [6, 6.07) is 7.90. The highest BCUT2D eigenvalue weighted by Crippen LogP contribution is 2.33. The third kappa shape index (κ3) is 2.71. The molecule has 0 radical (unpaired) electrons. The Bertz CT molecular complexity index is 966. The first-order chi connectivity index (χ1) is 11.2. The molecule has 0 saturated carbocycles. The molecule has 0 atom stereocenters. The molecule has 0 N–H and O–H groups in total. The highest BCUT2D eigenvalue weighted by Gasteiger charge is 2.14. The average molecular weight is 325 g/mol. The first-order valence-corrected chi connectivity index (χ1v) is 8.02. The highest BCUT2D eigenvalue weighted by molar-refractivity contribution is 7.17. The van der Waals surface area contributed by atoms with Crippen molar-refractivity contribution in [1.82, 2.24) is 9.55 Å². The molecular formula is C17H15N3O2S. The van der Waals surface area contributed by atoms with Crippen LogP contribution in [0.2, 0.25) is 0 Å². The molecule has 0 amide bonds. The number of ether oxygens (including phenoxy) is 1. The lowest BCUT2D eigenvalue weighted by atomic mass is 10.0. The Balaban J connectivity index is 2.17. The van der Waals surface area contributed by atoms with E-state index in [4.69, 9.17) is 10.00 Å². The Morgan fingerprint density at radius 3 is 2.96 bits per heavy atom. The minimum absolute atomic E-state index is 0.102. The lowest BCUT2D eigenvalue weighted by Crippen LogP contribution is -2.20. The van der Waals surface area contributed by atoms with E-state index in [0.29, 0.717) is 16.8 Å². The van der Waals surface area contributed by atoms with Crippen LogP contribution in [0.25, 0.3) is 21.3 Å². The van der Waals surface area contributed by atoms with Crippen molar-refractivity contribution in [3.05, 3.63) is 45.8 Å². The van der Waals surface area contributed by atoms with Crippen molar-refractivity contribution in [3.63, 3.8) is 0 Å². The third-order valence-electron chi connectivity index (χ3n) is 3.73. The second-order valence-corrected chi connectivity index (χ2v) is 6.02. The smallest absolute Gasteiger partial charge is 0.262 e. The number of thiophene rings is 1. The van der Waals surface area contributed by atoms with Gasteiger partial charge < -0.3 is 4.74 Å². The number of rotatable bonds is 4. The van der Waals surface area contributed by atoms with Crippen LogP contribution in [-0.2, 0) is 6.54 Å². The molecule has 2 aromatic heterocycles. The molecule has 23 heavy (non-hydrogen) atoms. The van der Waals surface area contributed by atoms with Crippen LogP contribution < -0.4 is 10.3 Å². The van der Waals surface area contributed by atoms with Crippen LogP contribution in [0.15, 0.2) is 34.7 Å². The number of fused-ring (bicyclic) bond motifs is 1. The molecule has 0 fully saturated rings. The fraction of sp³-hybridized carbons (Fsp3) is 0.235. The minimum Gasteiger partial charge on any atom is -0.496 e. The molecule has 0 bridgehead atoms. The Labute approximate surface area is 137 Å². The lowest BCUT2D eigenvalue weighted by Gasteiger charge is -2.07. The number of methoxy groups -OCH3 is 1. The van der Waals surface area contributed by atoms with Crippen LogP contribution in [-0.4, -0.2) is 16.7 Å². The molecule has 6 heteroatoms. The Kier molecular flexibility index (Phi) is 4.13. The van der Waals surface area contributed by atoms with Gasteiger partial charge in [-0.2, -0.15) is 5.26 Å². The molecule has 0 aliphatic heterocycles. The van der Waals surface area contributed by atoms with E-state index in [1.54, 1.807) is 7.11 Å². The Morgan fingerprint density at radius 1 is 1.43 bits per heavy atom. The number of hydrogen-bond acceptors (Lipinski definition) is 5. The summed E-state index contributed by atoms with van der Waals surface area (Å²) in [4.78, 5) is 17.8. The van der Waals surface area contributed by atoms with Crippen molar-refractivity contribution < 1.29 is 4.74 Å². The standard InChI is InChI=1S/C17H15N3O2S/c1-11-8-12(4-5-14(11)22-2)13-9-23-16-15(13)17(21)20(10-19-16)7-3-6-18/h4-5,8-10H,3,7H2,1-2H3. The summed E-state index contributed by atoms with van der Waals surface area (Å²) in [5.41, 5.74) is 2.75. The summed E-state index contributed by atoms with van der Waals surface area (Å²) in [5.74, 6) is 0.817. The zero-order valence-electron chi connectivity index (χ0n) is 12.9. The van der Waals surface area contributed by atoms with Crippen LogP contribution in [0.3, 0.4) is 0 Å². The zero-order valence-corrected chi connectivity index (χ0v) is 13.7. The van der Waals surface area contributed by atoms with Gasteiger partial charge in [-0.1, -0.05) is 6.07 Å². The maximum Gasteiger partial charge on any atom is 0.262 e. The van der Waals surface area contributed by atoms with Gasteiger partial charge in [0.2, 0.25) is 0 Å². The van der Waals surface area contributed by atoms with E-state index in [0.717, 1.165) is 22.4 Å². The largest absolute Gasteiger partial charge is 0.496 e. The molecule has 0 saturated heterocycles. The Morgan fingerprint density at radius 2 is 2.26 bits per heavy atom. The number of benzene rings is 1. The van der Waals surface area contributed by atoms with Crippen molar-refractivity contribution in [3.8, 4) is 22.9 Å². The number of nitriles is 1. The molecule has 116 valence electrons.